The Labute approximate surface area is 85.0 Å². The van der Waals surface area contributed by atoms with E-state index in [1.165, 1.54) is 12.7 Å². The van der Waals surface area contributed by atoms with Crippen LogP contribution in [0.4, 0.5) is 0 Å². The van der Waals surface area contributed by atoms with E-state index in [0.717, 1.165) is 0 Å². The Balaban J connectivity index is 2.24. The van der Waals surface area contributed by atoms with Crippen LogP contribution in [0.1, 0.15) is 0 Å². The minimum Gasteiger partial charge on any atom is -0.245 e. The third-order valence-electron chi connectivity index (χ3n) is 2.12. The highest BCUT2D eigenvalue weighted by molar-refractivity contribution is 6.19. The number of guanidine groups is 1. The van der Waals surface area contributed by atoms with Crippen LogP contribution in [-0.2, 0) is 0 Å². The molecule has 0 spiro atoms. The highest BCUT2D eigenvalue weighted by atomic mass is 15.4. The van der Waals surface area contributed by atoms with Gasteiger partial charge in [-0.25, -0.2) is 24.9 Å². The zero-order valence-electron chi connectivity index (χ0n) is 7.49. The standard InChI is InChI=1S/C9H4N6/c10-3-6-1-2-7-11-4-13-9-14-5-12-8(6)15(7)9/h1-2,4-5H. The number of hydrogen-bond acceptors (Lipinski definition) is 6. The van der Waals surface area contributed by atoms with Crippen molar-refractivity contribution in [2.45, 2.75) is 0 Å². The van der Waals surface area contributed by atoms with Gasteiger partial charge in [-0.1, -0.05) is 0 Å². The van der Waals surface area contributed by atoms with E-state index in [1.807, 2.05) is 0 Å². The first-order chi connectivity index (χ1) is 7.40. The molecule has 3 aliphatic rings. The Morgan fingerprint density at radius 3 is 2.87 bits per heavy atom. The first-order valence-corrected chi connectivity index (χ1v) is 4.23. The van der Waals surface area contributed by atoms with E-state index >= 15 is 0 Å². The van der Waals surface area contributed by atoms with Crippen LogP contribution in [0.2, 0.25) is 0 Å². The lowest BCUT2D eigenvalue weighted by atomic mass is 10.1. The van der Waals surface area contributed by atoms with Gasteiger partial charge in [0.15, 0.2) is 5.84 Å². The maximum absolute atomic E-state index is 8.92. The Kier molecular flexibility index (Phi) is 1.42. The predicted molar refractivity (Wildman–Crippen MR) is 55.5 cm³/mol. The molecule has 0 bridgehead atoms. The average Bonchev–Trinajstić information content (AvgIpc) is 2.30. The van der Waals surface area contributed by atoms with E-state index in [0.29, 0.717) is 23.2 Å². The van der Waals surface area contributed by atoms with E-state index in [9.17, 15) is 0 Å². The number of aliphatic imine (C=N–C) groups is 4. The number of nitriles is 1. The second kappa shape index (κ2) is 2.72. The van der Waals surface area contributed by atoms with Gasteiger partial charge in [-0.15, -0.1) is 0 Å². The van der Waals surface area contributed by atoms with Crippen molar-refractivity contribution in [1.29, 1.82) is 5.26 Å². The summed E-state index contributed by atoms with van der Waals surface area (Å²) < 4.78 is 0. The highest BCUT2D eigenvalue weighted by Crippen LogP contribution is 2.22. The third kappa shape index (κ3) is 0.971. The van der Waals surface area contributed by atoms with Gasteiger partial charge in [-0.2, -0.15) is 5.26 Å². The van der Waals surface area contributed by atoms with Crippen molar-refractivity contribution in [3.8, 4) is 6.07 Å². The van der Waals surface area contributed by atoms with E-state index in [1.54, 1.807) is 17.1 Å². The van der Waals surface area contributed by atoms with E-state index in [-0.39, 0.29) is 0 Å². The molecule has 0 fully saturated rings. The predicted octanol–water partition coefficient (Wildman–Crippen LogP) is 0.432. The molecule has 0 aromatic carbocycles. The lowest BCUT2D eigenvalue weighted by Gasteiger charge is -2.29. The number of allylic oxidation sites excluding steroid dienone is 2. The molecule has 0 amide bonds. The SMILES string of the molecule is N#CC1=CC=C2N=CN=C3N=CN=C1N23. The number of rotatable bonds is 0. The highest BCUT2D eigenvalue weighted by Gasteiger charge is 2.30. The Morgan fingerprint density at radius 1 is 1.13 bits per heavy atom. The molecule has 3 aliphatic heterocycles. The summed E-state index contributed by atoms with van der Waals surface area (Å²) in [6, 6.07) is 2.07. The minimum atomic E-state index is 0.481. The molecular formula is C9H4N6. The van der Waals surface area contributed by atoms with Gasteiger partial charge < -0.3 is 0 Å². The molecule has 6 nitrogen and oxygen atoms in total. The second-order valence-corrected chi connectivity index (χ2v) is 2.92. The van der Waals surface area contributed by atoms with Crippen LogP contribution < -0.4 is 0 Å². The topological polar surface area (TPSA) is 76.5 Å². The van der Waals surface area contributed by atoms with Crippen LogP contribution in [-0.4, -0.2) is 29.4 Å². The molecule has 0 unspecified atom stereocenters. The fraction of sp³-hybridized carbons (Fsp3) is 0. The van der Waals surface area contributed by atoms with Gasteiger partial charge in [0, 0.05) is 0 Å². The first-order valence-electron chi connectivity index (χ1n) is 4.23. The molecule has 0 saturated heterocycles. The maximum atomic E-state index is 8.92. The molecule has 15 heavy (non-hydrogen) atoms. The summed E-state index contributed by atoms with van der Waals surface area (Å²) in [4.78, 5) is 17.8. The van der Waals surface area contributed by atoms with Gasteiger partial charge in [0.1, 0.15) is 24.6 Å². The van der Waals surface area contributed by atoms with Gasteiger partial charge in [0.25, 0.3) is 0 Å². The third-order valence-corrected chi connectivity index (χ3v) is 2.12. The molecule has 6 heteroatoms. The second-order valence-electron chi connectivity index (χ2n) is 2.92. The molecule has 0 saturated carbocycles. The fourth-order valence-corrected chi connectivity index (χ4v) is 1.47. The van der Waals surface area contributed by atoms with Gasteiger partial charge in [0.05, 0.1) is 5.57 Å². The number of amidine groups is 1. The summed E-state index contributed by atoms with van der Waals surface area (Å²) in [5.74, 6) is 1.69. The van der Waals surface area contributed by atoms with Crippen LogP contribution in [0.25, 0.3) is 0 Å². The monoisotopic (exact) mass is 196 g/mol. The normalized spacial score (nSPS) is 20.9. The summed E-state index contributed by atoms with van der Waals surface area (Å²) in [5.41, 5.74) is 0.481. The summed E-state index contributed by atoms with van der Waals surface area (Å²) in [5, 5.41) is 8.92. The lowest BCUT2D eigenvalue weighted by Crippen LogP contribution is -2.40. The molecule has 0 N–H and O–H groups in total. The van der Waals surface area contributed by atoms with Gasteiger partial charge in [-0.3, -0.25) is 0 Å². The van der Waals surface area contributed by atoms with Gasteiger partial charge in [-0.05, 0) is 12.2 Å². The van der Waals surface area contributed by atoms with Crippen molar-refractivity contribution >= 4 is 24.5 Å². The van der Waals surface area contributed by atoms with Crippen LogP contribution in [0, 0.1) is 11.3 Å². The molecule has 3 rings (SSSR count). The maximum Gasteiger partial charge on any atom is 0.240 e. The van der Waals surface area contributed by atoms with E-state index in [2.05, 4.69) is 26.0 Å². The number of hydrogen-bond donors (Lipinski definition) is 0. The van der Waals surface area contributed by atoms with Crippen LogP contribution in [0.3, 0.4) is 0 Å². The lowest BCUT2D eigenvalue weighted by molar-refractivity contribution is 0.712. The molecule has 70 valence electrons. The zero-order chi connectivity index (χ0) is 10.3. The molecule has 0 atom stereocenters. The Bertz CT molecular complexity index is 552. The fourth-order valence-electron chi connectivity index (χ4n) is 1.47. The largest absolute Gasteiger partial charge is 0.245 e. The Morgan fingerprint density at radius 2 is 2.00 bits per heavy atom. The smallest absolute Gasteiger partial charge is 0.240 e. The van der Waals surface area contributed by atoms with Crippen molar-refractivity contribution in [3.05, 3.63) is 23.5 Å². The van der Waals surface area contributed by atoms with Crippen molar-refractivity contribution in [2.75, 3.05) is 0 Å². The average molecular weight is 196 g/mol. The van der Waals surface area contributed by atoms with Crippen molar-refractivity contribution < 1.29 is 0 Å². The molecule has 0 radical (unpaired) electrons. The summed E-state index contributed by atoms with van der Waals surface area (Å²) in [7, 11) is 0. The molecule has 0 aromatic rings. The van der Waals surface area contributed by atoms with Crippen molar-refractivity contribution in [1.82, 2.24) is 4.90 Å². The van der Waals surface area contributed by atoms with E-state index < -0.39 is 0 Å². The van der Waals surface area contributed by atoms with Gasteiger partial charge >= 0.3 is 0 Å². The first kappa shape index (κ1) is 7.82. The van der Waals surface area contributed by atoms with Crippen LogP contribution in [0.5, 0.6) is 0 Å². The van der Waals surface area contributed by atoms with E-state index in [4.69, 9.17) is 5.26 Å². The van der Waals surface area contributed by atoms with Gasteiger partial charge in [0.2, 0.25) is 5.96 Å². The van der Waals surface area contributed by atoms with Crippen molar-refractivity contribution in [3.63, 3.8) is 0 Å². The molecular weight excluding hydrogens is 192 g/mol. The summed E-state index contributed by atoms with van der Waals surface area (Å²) >= 11 is 0. The molecule has 3 heterocycles. The molecule has 0 aliphatic carbocycles. The zero-order valence-corrected chi connectivity index (χ0v) is 7.49. The summed E-state index contributed by atoms with van der Waals surface area (Å²) in [6.07, 6.45) is 6.24. The number of nitrogens with zero attached hydrogens (tertiary/aromatic N) is 6. The summed E-state index contributed by atoms with van der Waals surface area (Å²) in [6.45, 7) is 0. The minimum absolute atomic E-state index is 0.481. The molecule has 0 aromatic heterocycles. The van der Waals surface area contributed by atoms with Crippen LogP contribution in [0.15, 0.2) is 43.5 Å². The quantitative estimate of drug-likeness (QED) is 0.563. The van der Waals surface area contributed by atoms with Crippen LogP contribution >= 0.6 is 0 Å². The van der Waals surface area contributed by atoms with Crippen molar-refractivity contribution in [2.24, 2.45) is 20.0 Å². The Hall–Kier alpha value is -2.55.